The fraction of sp³-hybridized carbons (Fsp3) is 0.407. The summed E-state index contributed by atoms with van der Waals surface area (Å²) < 4.78 is 33.5. The zero-order valence-electron chi connectivity index (χ0n) is 20.8. The maximum absolute atomic E-state index is 14.1. The van der Waals surface area contributed by atoms with Crippen molar-refractivity contribution in [3.8, 4) is 11.1 Å². The molecule has 190 valence electrons. The molecule has 0 aliphatic carbocycles. The van der Waals surface area contributed by atoms with Gasteiger partial charge in [-0.3, -0.25) is 14.6 Å². The molecule has 3 atom stereocenters. The molecule has 1 saturated heterocycles. The van der Waals surface area contributed by atoms with Gasteiger partial charge in [-0.1, -0.05) is 43.3 Å². The number of carbonyl (C=O) groups is 2. The van der Waals surface area contributed by atoms with Gasteiger partial charge in [-0.2, -0.15) is 0 Å². The lowest BCUT2D eigenvalue weighted by Crippen LogP contribution is -2.48. The molecule has 2 aromatic heterocycles. The van der Waals surface area contributed by atoms with Crippen LogP contribution in [0.4, 0.5) is 8.78 Å². The number of aryl methyl sites for hydroxylation is 1. The predicted molar refractivity (Wildman–Crippen MR) is 130 cm³/mol. The molecule has 0 saturated carbocycles. The van der Waals surface area contributed by atoms with Gasteiger partial charge in [0.2, 0.25) is 11.8 Å². The van der Waals surface area contributed by atoms with Crippen LogP contribution in [0.3, 0.4) is 0 Å². The second kappa shape index (κ2) is 10.6. The van der Waals surface area contributed by atoms with E-state index < -0.39 is 23.6 Å². The first kappa shape index (κ1) is 25.5. The number of rotatable bonds is 7. The molecule has 0 spiro atoms. The summed E-state index contributed by atoms with van der Waals surface area (Å²) in [6.07, 6.45) is 3.24. The summed E-state index contributed by atoms with van der Waals surface area (Å²) in [7, 11) is 0. The topological polar surface area (TPSA) is 88.3 Å². The molecule has 0 unspecified atom stereocenters. The van der Waals surface area contributed by atoms with Crippen LogP contribution in [0, 0.1) is 24.5 Å². The highest BCUT2D eigenvalue weighted by Gasteiger charge is 2.40. The SMILES string of the molecule is Cc1cc([C@H](C(=O)N2CCC[C@H]2C(=O)N[C@@H](C)c2ccc(-c3c(F)cncc3F)cc2)C(C)C)on1. The first-order chi connectivity index (χ1) is 17.2. The van der Waals surface area contributed by atoms with Crippen molar-refractivity contribution < 1.29 is 22.9 Å². The van der Waals surface area contributed by atoms with Crippen LogP contribution in [-0.4, -0.2) is 39.4 Å². The zero-order chi connectivity index (χ0) is 26.0. The van der Waals surface area contributed by atoms with Crippen LogP contribution in [0.5, 0.6) is 0 Å². The maximum atomic E-state index is 14.1. The molecule has 1 aromatic carbocycles. The van der Waals surface area contributed by atoms with E-state index in [1.165, 1.54) is 0 Å². The summed E-state index contributed by atoms with van der Waals surface area (Å²) in [5, 5.41) is 6.91. The molecule has 1 aliphatic rings. The Morgan fingerprint density at radius 1 is 1.11 bits per heavy atom. The Balaban J connectivity index is 1.46. The molecule has 0 radical (unpaired) electrons. The van der Waals surface area contributed by atoms with E-state index in [1.807, 2.05) is 20.8 Å². The fourth-order valence-corrected chi connectivity index (χ4v) is 4.77. The lowest BCUT2D eigenvalue weighted by atomic mass is 9.91. The highest BCUT2D eigenvalue weighted by Crippen LogP contribution is 2.31. The molecule has 1 N–H and O–H groups in total. The van der Waals surface area contributed by atoms with E-state index in [-0.39, 0.29) is 29.3 Å². The van der Waals surface area contributed by atoms with Crippen molar-refractivity contribution in [2.45, 2.75) is 58.5 Å². The lowest BCUT2D eigenvalue weighted by molar-refractivity contribution is -0.141. The van der Waals surface area contributed by atoms with E-state index >= 15 is 0 Å². The number of pyridine rings is 1. The molecule has 1 aliphatic heterocycles. The van der Waals surface area contributed by atoms with E-state index in [0.29, 0.717) is 30.0 Å². The van der Waals surface area contributed by atoms with Gasteiger partial charge in [-0.05, 0) is 43.7 Å². The van der Waals surface area contributed by atoms with Gasteiger partial charge in [0.25, 0.3) is 0 Å². The maximum Gasteiger partial charge on any atom is 0.243 e. The molecule has 3 aromatic rings. The molecular formula is C27H30F2N4O3. The third-order valence-corrected chi connectivity index (χ3v) is 6.64. The van der Waals surface area contributed by atoms with Crippen LogP contribution >= 0.6 is 0 Å². The first-order valence-electron chi connectivity index (χ1n) is 12.1. The van der Waals surface area contributed by atoms with Gasteiger partial charge in [0, 0.05) is 12.6 Å². The van der Waals surface area contributed by atoms with Crippen LogP contribution in [0.25, 0.3) is 11.1 Å². The number of amides is 2. The molecule has 2 amide bonds. The zero-order valence-corrected chi connectivity index (χ0v) is 20.8. The van der Waals surface area contributed by atoms with Gasteiger partial charge < -0.3 is 14.7 Å². The number of likely N-dealkylation sites (tertiary alicyclic amines) is 1. The van der Waals surface area contributed by atoms with E-state index in [9.17, 15) is 18.4 Å². The van der Waals surface area contributed by atoms with Crippen molar-refractivity contribution in [2.75, 3.05) is 6.54 Å². The van der Waals surface area contributed by atoms with Crippen molar-refractivity contribution in [3.63, 3.8) is 0 Å². The van der Waals surface area contributed by atoms with Gasteiger partial charge in [0.1, 0.15) is 17.7 Å². The largest absolute Gasteiger partial charge is 0.360 e. The normalized spacial score (nSPS) is 17.3. The van der Waals surface area contributed by atoms with Crippen molar-refractivity contribution in [1.82, 2.24) is 20.4 Å². The molecular weight excluding hydrogens is 466 g/mol. The summed E-state index contributed by atoms with van der Waals surface area (Å²) in [5.74, 6) is -1.89. The predicted octanol–water partition coefficient (Wildman–Crippen LogP) is 4.93. The fourth-order valence-electron chi connectivity index (χ4n) is 4.77. The summed E-state index contributed by atoms with van der Waals surface area (Å²) in [6.45, 7) is 8.02. The highest BCUT2D eigenvalue weighted by molar-refractivity contribution is 5.91. The number of aromatic nitrogens is 2. The van der Waals surface area contributed by atoms with E-state index in [1.54, 1.807) is 42.2 Å². The van der Waals surface area contributed by atoms with Gasteiger partial charge in [-0.15, -0.1) is 0 Å². The Bertz CT molecular complexity index is 1220. The number of hydrogen-bond donors (Lipinski definition) is 1. The van der Waals surface area contributed by atoms with E-state index in [2.05, 4.69) is 15.5 Å². The molecule has 7 nitrogen and oxygen atoms in total. The standard InChI is InChI=1S/C27H30F2N4O3/c1-15(2)24(23-12-16(3)32-36-23)27(35)33-11-5-6-22(33)26(34)31-17(4)18-7-9-19(10-8-18)25-20(28)13-30-14-21(25)29/h7-10,12-15,17,22,24H,5-6,11H2,1-4H3,(H,31,34)/t17-,22-,24+/m0/s1. The van der Waals surface area contributed by atoms with Crippen LogP contribution in [0.15, 0.2) is 47.2 Å². The summed E-state index contributed by atoms with van der Waals surface area (Å²) in [5.41, 5.74) is 1.71. The number of hydrogen-bond acceptors (Lipinski definition) is 5. The van der Waals surface area contributed by atoms with Crippen molar-refractivity contribution in [1.29, 1.82) is 0 Å². The van der Waals surface area contributed by atoms with E-state index in [0.717, 1.165) is 24.4 Å². The molecule has 3 heterocycles. The molecule has 1 fully saturated rings. The second-order valence-electron chi connectivity index (χ2n) is 9.61. The third kappa shape index (κ3) is 5.15. The number of nitrogens with one attached hydrogen (secondary N) is 1. The minimum Gasteiger partial charge on any atom is -0.360 e. The Hall–Kier alpha value is -3.62. The Labute approximate surface area is 208 Å². The Kier molecular flexibility index (Phi) is 7.47. The number of carbonyl (C=O) groups excluding carboxylic acids is 2. The van der Waals surface area contributed by atoms with Gasteiger partial charge in [0.15, 0.2) is 11.6 Å². The quantitative estimate of drug-likeness (QED) is 0.501. The van der Waals surface area contributed by atoms with Crippen LogP contribution in [0.2, 0.25) is 0 Å². The molecule has 0 bridgehead atoms. The van der Waals surface area contributed by atoms with Crippen molar-refractivity contribution >= 4 is 11.8 Å². The van der Waals surface area contributed by atoms with Gasteiger partial charge >= 0.3 is 0 Å². The van der Waals surface area contributed by atoms with E-state index in [4.69, 9.17) is 4.52 Å². The second-order valence-corrected chi connectivity index (χ2v) is 9.61. The summed E-state index contributed by atoms with van der Waals surface area (Å²) in [4.78, 5) is 31.8. The first-order valence-corrected chi connectivity index (χ1v) is 12.1. The third-order valence-electron chi connectivity index (χ3n) is 6.64. The van der Waals surface area contributed by atoms with Crippen LogP contribution in [-0.2, 0) is 9.59 Å². The number of nitrogens with zero attached hydrogens (tertiary/aromatic N) is 3. The van der Waals surface area contributed by atoms with Gasteiger partial charge in [-0.25, -0.2) is 8.78 Å². The molecule has 36 heavy (non-hydrogen) atoms. The Morgan fingerprint density at radius 3 is 2.36 bits per heavy atom. The molecule has 9 heteroatoms. The summed E-state index contributed by atoms with van der Waals surface area (Å²) in [6, 6.07) is 7.48. The minimum atomic E-state index is -0.740. The smallest absolute Gasteiger partial charge is 0.243 e. The Morgan fingerprint density at radius 2 is 1.78 bits per heavy atom. The summed E-state index contributed by atoms with van der Waals surface area (Å²) >= 11 is 0. The lowest BCUT2D eigenvalue weighted by Gasteiger charge is -2.29. The highest BCUT2D eigenvalue weighted by atomic mass is 19.1. The average Bonchev–Trinajstić information content (AvgIpc) is 3.48. The number of halogens is 2. The van der Waals surface area contributed by atoms with Crippen molar-refractivity contribution in [2.24, 2.45) is 5.92 Å². The monoisotopic (exact) mass is 496 g/mol. The van der Waals surface area contributed by atoms with Crippen LogP contribution in [0.1, 0.15) is 62.6 Å². The average molecular weight is 497 g/mol. The van der Waals surface area contributed by atoms with Crippen LogP contribution < -0.4 is 5.32 Å². The number of benzene rings is 1. The van der Waals surface area contributed by atoms with Crippen molar-refractivity contribution in [3.05, 3.63) is 71.4 Å². The molecule has 4 rings (SSSR count). The van der Waals surface area contributed by atoms with Gasteiger partial charge in [0.05, 0.1) is 29.7 Å². The minimum absolute atomic E-state index is 0.0262.